The molecule has 0 saturated heterocycles. The van der Waals surface area contributed by atoms with Gasteiger partial charge in [-0.2, -0.15) is 0 Å². The van der Waals surface area contributed by atoms with E-state index in [4.69, 9.17) is 5.73 Å². The summed E-state index contributed by atoms with van der Waals surface area (Å²) in [6, 6.07) is 14.1. The summed E-state index contributed by atoms with van der Waals surface area (Å²) in [5, 5.41) is 24.8. The van der Waals surface area contributed by atoms with Gasteiger partial charge in [0.2, 0.25) is 5.91 Å². The van der Waals surface area contributed by atoms with Gasteiger partial charge in [-0.25, -0.2) is 0 Å². The van der Waals surface area contributed by atoms with Crippen molar-refractivity contribution >= 4 is 39.8 Å². The molecule has 2 saturated carbocycles. The zero-order chi connectivity index (χ0) is 31.8. The van der Waals surface area contributed by atoms with Crippen LogP contribution in [-0.4, -0.2) is 88.9 Å². The molecular weight excluding hydrogens is 562 g/mol. The predicted molar refractivity (Wildman–Crippen MR) is 162 cm³/mol. The van der Waals surface area contributed by atoms with Crippen molar-refractivity contribution in [2.75, 3.05) is 28.2 Å². The van der Waals surface area contributed by atoms with E-state index in [1.54, 1.807) is 20.2 Å². The van der Waals surface area contributed by atoms with Gasteiger partial charge in [0, 0.05) is 12.5 Å². The van der Waals surface area contributed by atoms with Gasteiger partial charge < -0.3 is 20.8 Å². The number of rotatable bonds is 5. The van der Waals surface area contributed by atoms with Crippen LogP contribution in [0.5, 0.6) is 5.75 Å². The first kappa shape index (κ1) is 29.8. The lowest BCUT2D eigenvalue weighted by Gasteiger charge is -2.52. The quantitative estimate of drug-likeness (QED) is 0.373. The summed E-state index contributed by atoms with van der Waals surface area (Å²) in [7, 11) is 7.12. The third kappa shape index (κ3) is 4.16. The molecule has 10 nitrogen and oxygen atoms in total. The van der Waals surface area contributed by atoms with E-state index in [0.717, 1.165) is 34.0 Å². The summed E-state index contributed by atoms with van der Waals surface area (Å²) in [6.45, 7) is 0.726. The molecule has 6 rings (SSSR count). The highest BCUT2D eigenvalue weighted by Gasteiger charge is 2.69. The molecule has 2 fully saturated rings. The van der Waals surface area contributed by atoms with E-state index in [-0.39, 0.29) is 24.2 Å². The Kier molecular flexibility index (Phi) is 7.07. The second-order valence-corrected chi connectivity index (χ2v) is 12.8. The molecule has 3 aromatic carbocycles. The lowest BCUT2D eigenvalue weighted by Crippen LogP contribution is -2.74. The van der Waals surface area contributed by atoms with Gasteiger partial charge in [-0.15, -0.1) is 0 Å². The number of amides is 1. The number of phenols is 1. The molecule has 4 N–H and O–H groups in total. The van der Waals surface area contributed by atoms with Gasteiger partial charge in [-0.05, 0) is 86.0 Å². The van der Waals surface area contributed by atoms with Crippen molar-refractivity contribution in [3.05, 3.63) is 65.2 Å². The van der Waals surface area contributed by atoms with Crippen molar-refractivity contribution in [2.24, 2.45) is 29.4 Å². The van der Waals surface area contributed by atoms with E-state index in [9.17, 15) is 34.2 Å². The van der Waals surface area contributed by atoms with E-state index in [1.165, 1.54) is 11.0 Å². The molecule has 0 radical (unpaired) electrons. The third-order valence-corrected chi connectivity index (χ3v) is 9.74. The van der Waals surface area contributed by atoms with E-state index in [0.29, 0.717) is 5.56 Å². The Morgan fingerprint density at radius 3 is 2.23 bits per heavy atom. The lowest BCUT2D eigenvalue weighted by molar-refractivity contribution is -0.181. The summed E-state index contributed by atoms with van der Waals surface area (Å²) in [4.78, 5) is 70.8. The normalized spacial score (nSPS) is 28.3. The zero-order valence-electron chi connectivity index (χ0n) is 25.0. The van der Waals surface area contributed by atoms with Crippen LogP contribution >= 0.6 is 0 Å². The fourth-order valence-corrected chi connectivity index (χ4v) is 7.93. The molecular formula is C34H35N3O7. The Labute approximate surface area is 254 Å². The third-order valence-electron chi connectivity index (χ3n) is 9.74. The number of hydrogen-bond acceptors (Lipinski definition) is 9. The Bertz CT molecular complexity index is 1780. The average molecular weight is 598 g/mol. The van der Waals surface area contributed by atoms with Gasteiger partial charge in [0.1, 0.15) is 5.75 Å². The van der Waals surface area contributed by atoms with Gasteiger partial charge in [0.15, 0.2) is 34.7 Å². The molecule has 6 atom stereocenters. The molecule has 3 unspecified atom stereocenters. The van der Waals surface area contributed by atoms with Crippen molar-refractivity contribution < 1.29 is 34.2 Å². The molecule has 44 heavy (non-hydrogen) atoms. The van der Waals surface area contributed by atoms with Gasteiger partial charge in [0.25, 0.3) is 0 Å². The van der Waals surface area contributed by atoms with Crippen LogP contribution < -0.4 is 5.73 Å². The first-order chi connectivity index (χ1) is 20.8. The largest absolute Gasteiger partial charge is 0.507 e. The molecule has 10 heteroatoms. The van der Waals surface area contributed by atoms with E-state index in [2.05, 4.69) is 4.90 Å². The summed E-state index contributed by atoms with van der Waals surface area (Å²) < 4.78 is 0. The number of hydrogen-bond donors (Lipinski definition) is 3. The van der Waals surface area contributed by atoms with Crippen LogP contribution in [0.1, 0.15) is 27.9 Å². The number of fused-ring (bicyclic) bond motifs is 4. The van der Waals surface area contributed by atoms with Crippen LogP contribution in [0.15, 0.2) is 48.5 Å². The number of likely N-dealkylation sites (N-methyl/N-ethyl adjacent to an activating group) is 1. The summed E-state index contributed by atoms with van der Waals surface area (Å²) in [5.41, 5.74) is 5.94. The van der Waals surface area contributed by atoms with E-state index in [1.807, 2.05) is 50.5 Å². The molecule has 228 valence electrons. The number of nitrogens with two attached hydrogens (primary N) is 1. The molecule has 3 aliphatic carbocycles. The maximum atomic E-state index is 14.1. The first-order valence-corrected chi connectivity index (χ1v) is 14.6. The molecule has 0 bridgehead atoms. The number of Topliss-reactive ketones (excluding diaryl/α,β-unsaturated/α-hetero) is 4. The van der Waals surface area contributed by atoms with Crippen LogP contribution in [0.3, 0.4) is 0 Å². The molecule has 1 amide bonds. The van der Waals surface area contributed by atoms with Crippen LogP contribution in [0.25, 0.3) is 21.9 Å². The highest BCUT2D eigenvalue weighted by Crippen LogP contribution is 2.52. The first-order valence-electron chi connectivity index (χ1n) is 14.6. The molecule has 3 aromatic rings. The number of aromatic hydroxyl groups is 1. The monoisotopic (exact) mass is 597 g/mol. The van der Waals surface area contributed by atoms with Crippen molar-refractivity contribution in [3.8, 4) is 16.9 Å². The van der Waals surface area contributed by atoms with Crippen LogP contribution in [0.4, 0.5) is 0 Å². The number of aliphatic hydroxyl groups is 1. The fraction of sp³-hybridized carbons (Fsp3) is 0.382. The Balaban J connectivity index is 1.50. The van der Waals surface area contributed by atoms with Crippen molar-refractivity contribution in [1.82, 2.24) is 9.80 Å². The molecule has 0 aliphatic heterocycles. The maximum Gasteiger partial charge on any atom is 0.235 e. The summed E-state index contributed by atoms with van der Waals surface area (Å²) >= 11 is 0. The summed E-state index contributed by atoms with van der Waals surface area (Å²) in [6.07, 6.45) is 0.199. The van der Waals surface area contributed by atoms with Gasteiger partial charge in [-0.3, -0.25) is 28.9 Å². The zero-order valence-corrected chi connectivity index (χ0v) is 25.0. The molecule has 0 heterocycles. The van der Waals surface area contributed by atoms with Gasteiger partial charge in [0.05, 0.1) is 17.5 Å². The second-order valence-electron chi connectivity index (χ2n) is 12.8. The van der Waals surface area contributed by atoms with Crippen molar-refractivity contribution in [1.29, 1.82) is 0 Å². The van der Waals surface area contributed by atoms with Crippen molar-refractivity contribution in [3.63, 3.8) is 0 Å². The smallest absolute Gasteiger partial charge is 0.235 e. The number of primary amides is 1. The minimum Gasteiger partial charge on any atom is -0.507 e. The van der Waals surface area contributed by atoms with Gasteiger partial charge in [-0.1, -0.05) is 42.5 Å². The number of ketones is 4. The van der Waals surface area contributed by atoms with Crippen LogP contribution in [0, 0.1) is 23.7 Å². The fourth-order valence-electron chi connectivity index (χ4n) is 7.93. The van der Waals surface area contributed by atoms with Crippen LogP contribution in [-0.2, 0) is 32.1 Å². The van der Waals surface area contributed by atoms with Gasteiger partial charge >= 0.3 is 0 Å². The highest BCUT2D eigenvalue weighted by atomic mass is 16.3. The highest BCUT2D eigenvalue weighted by molar-refractivity contribution is 6.32. The Hall–Kier alpha value is -4.25. The SMILES string of the molecule is CN(C)Cc1ccc(-c2ccc(O)c3c2C[C@@H]2C[C@@H]4C(N(C)C)C(=O)C(C(N)=O)C(=O)[C@]4(O)C(=O)C2C3=O)c2ccccc12. The molecule has 3 aliphatic rings. The summed E-state index contributed by atoms with van der Waals surface area (Å²) in [5.74, 6) is -10.6. The topological polar surface area (TPSA) is 158 Å². The van der Waals surface area contributed by atoms with Crippen LogP contribution in [0.2, 0.25) is 0 Å². The minimum atomic E-state index is -2.75. The maximum absolute atomic E-state index is 14.1. The number of nitrogens with zero attached hydrogens (tertiary/aromatic N) is 2. The standard InChI is InChI=1S/C34H35N3O7/c1-36(2)15-16-9-10-20(19-8-6-5-7-18(16)19)21-11-12-24(38)26-22(21)13-17-14-23-28(37(3)4)30(40)27(33(35)43)32(42)34(23,44)31(41)25(17)29(26)39/h5-12,17,23,25,27-28,38,44H,13-15H2,1-4H3,(H2,35,43)/t17-,23-,25?,27?,28?,34-/m1/s1. The molecule has 0 spiro atoms. The Morgan fingerprint density at radius 1 is 0.932 bits per heavy atom. The Morgan fingerprint density at radius 2 is 1.59 bits per heavy atom. The number of carbonyl (C=O) groups excluding carboxylic acids is 5. The average Bonchev–Trinajstić information content (AvgIpc) is 2.95. The number of carbonyl (C=O) groups is 5. The van der Waals surface area contributed by atoms with Crippen molar-refractivity contribution in [2.45, 2.75) is 31.0 Å². The minimum absolute atomic E-state index is 0.00150. The second kappa shape index (κ2) is 10.4. The van der Waals surface area contributed by atoms with E-state index < -0.39 is 64.4 Å². The number of phenolic OH excluding ortho intramolecular Hbond substituents is 1. The molecule has 0 aromatic heterocycles. The number of benzene rings is 3. The van der Waals surface area contributed by atoms with E-state index >= 15 is 0 Å². The lowest BCUT2D eigenvalue weighted by atomic mass is 9.52. The predicted octanol–water partition coefficient (Wildman–Crippen LogP) is 1.75.